The second-order valence-corrected chi connectivity index (χ2v) is 7.37. The molecule has 2 aliphatic heterocycles. The second kappa shape index (κ2) is 10.5. The maximum absolute atomic E-state index is 11.6. The zero-order valence-electron chi connectivity index (χ0n) is 15.5. The normalized spacial score (nSPS) is 24.5. The highest BCUT2D eigenvalue weighted by Crippen LogP contribution is 2.31. The van der Waals surface area contributed by atoms with Gasteiger partial charge in [0.15, 0.2) is 5.96 Å². The molecule has 3 rings (SSSR count). The molecule has 7 heteroatoms. The topological polar surface area (TPSA) is 60.0 Å². The van der Waals surface area contributed by atoms with Crippen LogP contribution in [0.1, 0.15) is 45.4 Å². The number of guanidine groups is 1. The fraction of sp³-hybridized carbons (Fsp3) is 0.889. The number of nitrogens with one attached hydrogen (secondary N) is 2. The molecule has 2 saturated heterocycles. The SMILES string of the molecule is CCNC(=NCC1CCN(C2CC2)C1)NCCCN1CCCC1=O.I. The number of nitrogens with zero attached hydrogens (tertiary/aromatic N) is 3. The van der Waals surface area contributed by atoms with Crippen LogP contribution in [-0.2, 0) is 4.79 Å². The number of carbonyl (C=O) groups excluding carboxylic acids is 1. The standard InChI is InChI=1S/C18H33N5O.HI/c1-2-19-18(20-9-4-11-22-10-3-5-17(22)24)21-13-15-8-12-23(14-15)16-6-7-16;/h15-16H,2-14H2,1H3,(H2,19,20,21);1H. The summed E-state index contributed by atoms with van der Waals surface area (Å²) in [5.41, 5.74) is 0. The second-order valence-electron chi connectivity index (χ2n) is 7.37. The fourth-order valence-corrected chi connectivity index (χ4v) is 3.76. The minimum absolute atomic E-state index is 0. The van der Waals surface area contributed by atoms with Crippen LogP contribution >= 0.6 is 24.0 Å². The Hall–Kier alpha value is -0.570. The first-order chi connectivity index (χ1) is 11.8. The number of hydrogen-bond acceptors (Lipinski definition) is 3. The van der Waals surface area contributed by atoms with Gasteiger partial charge in [-0.05, 0) is 51.5 Å². The Kier molecular flexibility index (Phi) is 8.75. The Balaban J connectivity index is 0.00000225. The maximum Gasteiger partial charge on any atom is 0.222 e. The van der Waals surface area contributed by atoms with E-state index in [0.29, 0.717) is 11.8 Å². The molecule has 1 amide bonds. The molecule has 6 nitrogen and oxygen atoms in total. The quantitative estimate of drug-likeness (QED) is 0.249. The Bertz CT molecular complexity index is 455. The van der Waals surface area contributed by atoms with Gasteiger partial charge in [0.2, 0.25) is 5.91 Å². The molecule has 25 heavy (non-hydrogen) atoms. The van der Waals surface area contributed by atoms with Gasteiger partial charge in [0.1, 0.15) is 0 Å². The fourth-order valence-electron chi connectivity index (χ4n) is 3.76. The monoisotopic (exact) mass is 463 g/mol. The molecule has 3 aliphatic rings. The first-order valence-corrected chi connectivity index (χ1v) is 9.80. The van der Waals surface area contributed by atoms with Gasteiger partial charge >= 0.3 is 0 Å². The third kappa shape index (κ3) is 6.58. The van der Waals surface area contributed by atoms with E-state index in [2.05, 4.69) is 22.5 Å². The molecular weight excluding hydrogens is 429 g/mol. The van der Waals surface area contributed by atoms with Crippen molar-refractivity contribution >= 4 is 35.8 Å². The zero-order valence-corrected chi connectivity index (χ0v) is 17.8. The highest BCUT2D eigenvalue weighted by atomic mass is 127. The van der Waals surface area contributed by atoms with Crippen LogP contribution in [0.25, 0.3) is 0 Å². The molecule has 1 unspecified atom stereocenters. The summed E-state index contributed by atoms with van der Waals surface area (Å²) in [7, 11) is 0. The molecule has 2 heterocycles. The van der Waals surface area contributed by atoms with E-state index in [9.17, 15) is 4.79 Å². The number of amides is 1. The van der Waals surface area contributed by atoms with Gasteiger partial charge in [-0.2, -0.15) is 0 Å². The largest absolute Gasteiger partial charge is 0.357 e. The molecule has 0 spiro atoms. The van der Waals surface area contributed by atoms with Crippen LogP contribution < -0.4 is 10.6 Å². The third-order valence-corrected chi connectivity index (χ3v) is 5.30. The molecule has 2 N–H and O–H groups in total. The summed E-state index contributed by atoms with van der Waals surface area (Å²) < 4.78 is 0. The molecule has 144 valence electrons. The summed E-state index contributed by atoms with van der Waals surface area (Å²) in [4.78, 5) is 21.0. The molecule has 0 radical (unpaired) electrons. The lowest BCUT2D eigenvalue weighted by atomic mass is 10.1. The lowest BCUT2D eigenvalue weighted by molar-refractivity contribution is -0.127. The van der Waals surface area contributed by atoms with Gasteiger partial charge in [0.05, 0.1) is 0 Å². The highest BCUT2D eigenvalue weighted by molar-refractivity contribution is 14.0. The smallest absolute Gasteiger partial charge is 0.222 e. The van der Waals surface area contributed by atoms with E-state index in [4.69, 9.17) is 4.99 Å². The van der Waals surface area contributed by atoms with Crippen LogP contribution in [-0.4, -0.2) is 73.5 Å². The van der Waals surface area contributed by atoms with Crippen molar-refractivity contribution in [2.24, 2.45) is 10.9 Å². The predicted molar refractivity (Wildman–Crippen MR) is 113 cm³/mol. The average molecular weight is 463 g/mol. The number of carbonyl (C=O) groups is 1. The van der Waals surface area contributed by atoms with Crippen LogP contribution in [0.15, 0.2) is 4.99 Å². The van der Waals surface area contributed by atoms with Gasteiger partial charge < -0.3 is 20.4 Å². The first-order valence-electron chi connectivity index (χ1n) is 9.80. The third-order valence-electron chi connectivity index (χ3n) is 5.30. The van der Waals surface area contributed by atoms with Crippen molar-refractivity contribution in [3.63, 3.8) is 0 Å². The van der Waals surface area contributed by atoms with Gasteiger partial charge in [0.25, 0.3) is 0 Å². The summed E-state index contributed by atoms with van der Waals surface area (Å²) in [6.45, 7) is 9.07. The number of hydrogen-bond donors (Lipinski definition) is 2. The first kappa shape index (κ1) is 20.7. The van der Waals surface area contributed by atoms with Crippen LogP contribution in [0.4, 0.5) is 0 Å². The summed E-state index contributed by atoms with van der Waals surface area (Å²) in [6.07, 6.45) is 6.83. The lowest BCUT2D eigenvalue weighted by Gasteiger charge is -2.17. The average Bonchev–Trinajstić information content (AvgIpc) is 3.19. The van der Waals surface area contributed by atoms with Gasteiger partial charge in [0, 0.05) is 51.7 Å². The minimum Gasteiger partial charge on any atom is -0.357 e. The van der Waals surface area contributed by atoms with Crippen molar-refractivity contribution < 1.29 is 4.79 Å². The van der Waals surface area contributed by atoms with Crippen molar-refractivity contribution in [2.45, 2.75) is 51.5 Å². The number of rotatable bonds is 8. The van der Waals surface area contributed by atoms with Crippen molar-refractivity contribution in [1.29, 1.82) is 0 Å². The van der Waals surface area contributed by atoms with Crippen molar-refractivity contribution in [3.8, 4) is 0 Å². The van der Waals surface area contributed by atoms with E-state index in [1.54, 1.807) is 0 Å². The van der Waals surface area contributed by atoms with Gasteiger partial charge in [-0.1, -0.05) is 0 Å². The van der Waals surface area contributed by atoms with Crippen LogP contribution in [0, 0.1) is 5.92 Å². The maximum atomic E-state index is 11.6. The molecule has 1 atom stereocenters. The number of halogens is 1. The van der Waals surface area contributed by atoms with Crippen molar-refractivity contribution in [2.75, 3.05) is 45.8 Å². The minimum atomic E-state index is 0. The number of aliphatic imine (C=N–C) groups is 1. The van der Waals surface area contributed by atoms with E-state index in [0.717, 1.165) is 64.0 Å². The Morgan fingerprint density at radius 3 is 2.76 bits per heavy atom. The Morgan fingerprint density at radius 2 is 2.08 bits per heavy atom. The summed E-state index contributed by atoms with van der Waals surface area (Å²) in [5.74, 6) is 1.95. The van der Waals surface area contributed by atoms with E-state index >= 15 is 0 Å². The molecule has 1 saturated carbocycles. The zero-order chi connectivity index (χ0) is 16.8. The van der Waals surface area contributed by atoms with E-state index in [1.807, 2.05) is 4.90 Å². The summed E-state index contributed by atoms with van der Waals surface area (Å²) in [5, 5.41) is 6.75. The van der Waals surface area contributed by atoms with E-state index in [1.165, 1.54) is 32.4 Å². The van der Waals surface area contributed by atoms with Gasteiger partial charge in [-0.15, -0.1) is 24.0 Å². The van der Waals surface area contributed by atoms with Crippen LogP contribution in [0.5, 0.6) is 0 Å². The predicted octanol–water partition coefficient (Wildman–Crippen LogP) is 1.66. The van der Waals surface area contributed by atoms with E-state index in [-0.39, 0.29) is 24.0 Å². The van der Waals surface area contributed by atoms with Gasteiger partial charge in [-0.25, -0.2) is 0 Å². The van der Waals surface area contributed by atoms with Crippen molar-refractivity contribution in [1.82, 2.24) is 20.4 Å². The molecule has 0 aromatic rings. The van der Waals surface area contributed by atoms with Crippen LogP contribution in [0.2, 0.25) is 0 Å². The molecule has 1 aliphatic carbocycles. The molecule has 0 bridgehead atoms. The van der Waals surface area contributed by atoms with Crippen molar-refractivity contribution in [3.05, 3.63) is 0 Å². The molecule has 0 aromatic heterocycles. The lowest BCUT2D eigenvalue weighted by Crippen LogP contribution is -2.39. The van der Waals surface area contributed by atoms with Gasteiger partial charge in [-0.3, -0.25) is 9.79 Å². The Morgan fingerprint density at radius 1 is 1.24 bits per heavy atom. The Labute approximate surface area is 169 Å². The highest BCUT2D eigenvalue weighted by Gasteiger charge is 2.34. The summed E-state index contributed by atoms with van der Waals surface area (Å²) >= 11 is 0. The molecule has 3 fully saturated rings. The van der Waals surface area contributed by atoms with E-state index < -0.39 is 0 Å². The molecule has 0 aromatic carbocycles. The summed E-state index contributed by atoms with van der Waals surface area (Å²) in [6, 6.07) is 0.888. The number of likely N-dealkylation sites (tertiary alicyclic amines) is 2. The molecular formula is C18H34IN5O. The van der Waals surface area contributed by atoms with Crippen LogP contribution in [0.3, 0.4) is 0 Å².